The highest BCUT2D eigenvalue weighted by molar-refractivity contribution is 7.26. The molecule has 3 nitrogen and oxygen atoms in total. The Labute approximate surface area is 331 Å². The highest BCUT2D eigenvalue weighted by atomic mass is 32.1. The van der Waals surface area contributed by atoms with Crippen LogP contribution in [0.5, 0.6) is 0 Å². The monoisotopic (exact) mass is 749 g/mol. The number of rotatable bonds is 6. The summed E-state index contributed by atoms with van der Waals surface area (Å²) < 4.78 is 5.15. The predicted molar refractivity (Wildman–Crippen MR) is 238 cm³/mol. The zero-order valence-corrected chi connectivity index (χ0v) is 31.7. The Kier molecular flexibility index (Phi) is 7.87. The minimum Gasteiger partial charge on any atom is -0.264 e. The van der Waals surface area contributed by atoms with E-state index in [4.69, 9.17) is 9.97 Å². The van der Waals surface area contributed by atoms with Gasteiger partial charge in [0.1, 0.15) is 0 Å². The van der Waals surface area contributed by atoms with E-state index in [0.717, 1.165) is 50.3 Å². The number of hydrogen-bond acceptors (Lipinski definition) is 5. The van der Waals surface area contributed by atoms with Crippen LogP contribution in [0, 0.1) is 0 Å². The van der Waals surface area contributed by atoms with Gasteiger partial charge in [-0.25, -0.2) is 9.97 Å². The van der Waals surface area contributed by atoms with Crippen molar-refractivity contribution in [1.82, 2.24) is 15.0 Å². The van der Waals surface area contributed by atoms with Crippen molar-refractivity contribution in [3.63, 3.8) is 0 Å². The Bertz CT molecular complexity index is 3120. The first-order valence-electron chi connectivity index (χ1n) is 18.7. The average Bonchev–Trinajstić information content (AvgIpc) is 3.86. The number of benzene rings is 7. The molecule has 0 N–H and O–H groups in total. The van der Waals surface area contributed by atoms with Gasteiger partial charge in [-0.05, 0) is 88.5 Å². The maximum atomic E-state index is 5.34. The second-order valence-corrected chi connectivity index (χ2v) is 16.2. The Morgan fingerprint density at radius 2 is 0.839 bits per heavy atom. The van der Waals surface area contributed by atoms with Gasteiger partial charge in [-0.3, -0.25) is 4.98 Å². The molecule has 0 aliphatic heterocycles. The maximum Gasteiger partial charge on any atom is 0.160 e. The summed E-state index contributed by atoms with van der Waals surface area (Å²) in [4.78, 5) is 14.9. The van der Waals surface area contributed by atoms with Crippen molar-refractivity contribution < 1.29 is 0 Å². The summed E-state index contributed by atoms with van der Waals surface area (Å²) in [5, 5.41) is 5.14. The average molecular weight is 750 g/mol. The summed E-state index contributed by atoms with van der Waals surface area (Å²) in [7, 11) is 0. The van der Waals surface area contributed by atoms with E-state index in [1.165, 1.54) is 51.5 Å². The molecule has 0 spiro atoms. The fourth-order valence-electron chi connectivity index (χ4n) is 7.97. The van der Waals surface area contributed by atoms with E-state index in [0.29, 0.717) is 5.82 Å². The van der Waals surface area contributed by atoms with Gasteiger partial charge >= 0.3 is 0 Å². The second-order valence-electron chi connectivity index (χ2n) is 14.0. The fourth-order valence-corrected chi connectivity index (χ4v) is 10.2. The molecule has 0 saturated heterocycles. The molecule has 262 valence electrons. The van der Waals surface area contributed by atoms with Crippen LogP contribution < -0.4 is 0 Å². The summed E-state index contributed by atoms with van der Waals surface area (Å²) in [6.45, 7) is 0. The summed E-state index contributed by atoms with van der Waals surface area (Å²) in [6.07, 6.45) is 3.71. The third-order valence-corrected chi connectivity index (χ3v) is 12.8. The summed E-state index contributed by atoms with van der Waals surface area (Å²) in [6, 6.07) is 63.0. The predicted octanol–water partition coefficient (Wildman–Crippen LogP) is 14.6. The topological polar surface area (TPSA) is 38.7 Å². The minimum absolute atomic E-state index is 0.689. The zero-order chi connectivity index (χ0) is 37.0. The van der Waals surface area contributed by atoms with Gasteiger partial charge in [0.15, 0.2) is 5.82 Å². The summed E-state index contributed by atoms with van der Waals surface area (Å²) >= 11 is 3.70. The third kappa shape index (κ3) is 5.68. The zero-order valence-electron chi connectivity index (χ0n) is 30.1. The van der Waals surface area contributed by atoms with E-state index in [2.05, 4.69) is 157 Å². The highest BCUT2D eigenvalue weighted by Crippen LogP contribution is 2.45. The number of fused-ring (bicyclic) bond motifs is 6. The van der Waals surface area contributed by atoms with Crippen molar-refractivity contribution in [1.29, 1.82) is 0 Å². The van der Waals surface area contributed by atoms with Crippen LogP contribution in [0.25, 0.3) is 108 Å². The van der Waals surface area contributed by atoms with Gasteiger partial charge < -0.3 is 0 Å². The molecule has 56 heavy (non-hydrogen) atoms. The molecule has 5 heteroatoms. The molecular weight excluding hydrogens is 719 g/mol. The smallest absolute Gasteiger partial charge is 0.160 e. The SMILES string of the molecule is c1ccc(-c2nc(-c3cccc(-c4cccnc4)c3)cc(-c3cc(-c4cccc5sc6ccccc6c45)cc(-c4cccc5sc6ccccc6c45)c3)n2)cc1. The normalized spacial score (nSPS) is 11.6. The van der Waals surface area contributed by atoms with E-state index in [1.807, 2.05) is 53.1 Å². The number of nitrogens with zero attached hydrogens (tertiary/aromatic N) is 3. The molecule has 0 bridgehead atoms. The Balaban J connectivity index is 1.18. The summed E-state index contributed by atoms with van der Waals surface area (Å²) in [5.74, 6) is 0.689. The van der Waals surface area contributed by atoms with E-state index < -0.39 is 0 Å². The standard InChI is InChI=1S/C51H31N3S2/c1-2-12-32(13-3-1)51-53-43(34-15-8-14-33(26-34)35-16-11-25-52-31-35)30-44(54-51)38-28-36(39-19-9-23-47-49(39)41-17-4-6-21-45(41)55-47)27-37(29-38)40-20-10-24-48-50(40)42-18-5-7-22-46(42)56-48/h1-31H. The number of aromatic nitrogens is 3. The van der Waals surface area contributed by atoms with Crippen LogP contribution in [0.2, 0.25) is 0 Å². The molecule has 0 amide bonds. The number of pyridine rings is 1. The quantitative estimate of drug-likeness (QED) is 0.170. The lowest BCUT2D eigenvalue weighted by molar-refractivity contribution is 1.18. The van der Waals surface area contributed by atoms with Gasteiger partial charge in [-0.2, -0.15) is 0 Å². The lowest BCUT2D eigenvalue weighted by Gasteiger charge is -2.15. The van der Waals surface area contributed by atoms with Crippen LogP contribution in [0.15, 0.2) is 188 Å². The third-order valence-electron chi connectivity index (χ3n) is 10.6. The van der Waals surface area contributed by atoms with E-state index in [-0.39, 0.29) is 0 Å². The summed E-state index contributed by atoms with van der Waals surface area (Å²) in [5.41, 5.74) is 11.7. The van der Waals surface area contributed by atoms with Crippen molar-refractivity contribution in [3.8, 4) is 67.3 Å². The van der Waals surface area contributed by atoms with Crippen LogP contribution in [0.3, 0.4) is 0 Å². The molecule has 0 unspecified atom stereocenters. The van der Waals surface area contributed by atoms with Crippen LogP contribution in [0.1, 0.15) is 0 Å². The molecule has 0 aliphatic rings. The first-order valence-corrected chi connectivity index (χ1v) is 20.3. The van der Waals surface area contributed by atoms with Crippen LogP contribution >= 0.6 is 22.7 Å². The van der Waals surface area contributed by atoms with Crippen LogP contribution in [-0.4, -0.2) is 15.0 Å². The van der Waals surface area contributed by atoms with Crippen molar-refractivity contribution >= 4 is 63.0 Å². The molecule has 0 radical (unpaired) electrons. The van der Waals surface area contributed by atoms with Crippen molar-refractivity contribution in [2.45, 2.75) is 0 Å². The molecule has 0 saturated carbocycles. The van der Waals surface area contributed by atoms with Gasteiger partial charge in [-0.15, -0.1) is 22.7 Å². The molecule has 0 fully saturated rings. The van der Waals surface area contributed by atoms with Crippen molar-refractivity contribution in [2.75, 3.05) is 0 Å². The number of hydrogen-bond donors (Lipinski definition) is 0. The second kappa shape index (κ2) is 13.5. The molecule has 4 aromatic heterocycles. The van der Waals surface area contributed by atoms with Gasteiger partial charge in [0.2, 0.25) is 0 Å². The Morgan fingerprint density at radius 3 is 1.48 bits per heavy atom. The fraction of sp³-hybridized carbons (Fsp3) is 0. The highest BCUT2D eigenvalue weighted by Gasteiger charge is 2.18. The minimum atomic E-state index is 0.689. The molecular formula is C51H31N3S2. The first-order chi connectivity index (χ1) is 27.7. The van der Waals surface area contributed by atoms with E-state index in [1.54, 1.807) is 6.20 Å². The maximum absolute atomic E-state index is 5.34. The van der Waals surface area contributed by atoms with Gasteiger partial charge in [0, 0.05) is 75.0 Å². The van der Waals surface area contributed by atoms with Gasteiger partial charge in [0.05, 0.1) is 11.4 Å². The molecule has 11 rings (SSSR count). The van der Waals surface area contributed by atoms with Crippen LogP contribution in [0.4, 0.5) is 0 Å². The molecule has 0 atom stereocenters. The van der Waals surface area contributed by atoms with Crippen LogP contribution in [-0.2, 0) is 0 Å². The first kappa shape index (κ1) is 32.6. The van der Waals surface area contributed by atoms with Gasteiger partial charge in [-0.1, -0.05) is 115 Å². The molecule has 7 aromatic carbocycles. The van der Waals surface area contributed by atoms with Crippen molar-refractivity contribution in [3.05, 3.63) is 188 Å². The lowest BCUT2D eigenvalue weighted by atomic mass is 9.91. The molecule has 11 aromatic rings. The largest absolute Gasteiger partial charge is 0.264 e. The molecule has 4 heterocycles. The van der Waals surface area contributed by atoms with E-state index in [9.17, 15) is 0 Å². The van der Waals surface area contributed by atoms with Gasteiger partial charge in [0.25, 0.3) is 0 Å². The molecule has 0 aliphatic carbocycles. The Hall–Kier alpha value is -6.79. The van der Waals surface area contributed by atoms with Crippen molar-refractivity contribution in [2.24, 2.45) is 0 Å². The lowest BCUT2D eigenvalue weighted by Crippen LogP contribution is -1.97. The number of thiophene rings is 2. The Morgan fingerprint density at radius 1 is 0.339 bits per heavy atom. The van der Waals surface area contributed by atoms with E-state index >= 15 is 0 Å².